The topological polar surface area (TPSA) is 95.2 Å². The maximum atomic E-state index is 12.0. The summed E-state index contributed by atoms with van der Waals surface area (Å²) in [5.41, 5.74) is 2.33. The molecule has 7 nitrogen and oxygen atoms in total. The Hall–Kier alpha value is -2.77. The molecule has 0 unspecified atom stereocenters. The minimum atomic E-state index is -0.699. The second-order valence-corrected chi connectivity index (χ2v) is 10.8. The number of phenolic OH excluding ortho intramolecular Hbond substituents is 1. The molecule has 1 spiro atoms. The molecule has 5 aliphatic rings. The zero-order valence-corrected chi connectivity index (χ0v) is 20.2. The molecule has 7 rings (SSSR count). The first-order valence-corrected chi connectivity index (χ1v) is 12.9. The fourth-order valence-corrected chi connectivity index (χ4v) is 7.10. The Kier molecular flexibility index (Phi) is 5.45. The van der Waals surface area contributed by atoms with E-state index in [2.05, 4.69) is 16.3 Å². The van der Waals surface area contributed by atoms with Crippen molar-refractivity contribution in [3.8, 4) is 11.5 Å². The number of aromatic hydroxyl groups is 1. The predicted molar refractivity (Wildman–Crippen MR) is 131 cm³/mol. The zero-order chi connectivity index (χ0) is 24.2. The van der Waals surface area contributed by atoms with Crippen molar-refractivity contribution >= 4 is 12.0 Å². The van der Waals surface area contributed by atoms with Crippen LogP contribution in [0.25, 0.3) is 6.08 Å². The summed E-state index contributed by atoms with van der Waals surface area (Å²) in [6, 6.07) is 5.84. The number of hydrogen-bond acceptors (Lipinski definition) is 6. The highest BCUT2D eigenvalue weighted by Gasteiger charge is 2.71. The van der Waals surface area contributed by atoms with E-state index in [1.807, 2.05) is 0 Å². The maximum Gasteiger partial charge on any atom is 0.243 e. The molecule has 0 radical (unpaired) electrons. The number of phenols is 1. The van der Waals surface area contributed by atoms with Crippen molar-refractivity contribution in [2.24, 2.45) is 5.92 Å². The van der Waals surface area contributed by atoms with Crippen LogP contribution in [0.3, 0.4) is 0 Å². The summed E-state index contributed by atoms with van der Waals surface area (Å²) in [4.78, 5) is 13.3. The van der Waals surface area contributed by atoms with Crippen LogP contribution in [0.15, 0.2) is 41.2 Å². The number of carbonyl (C=O) groups is 1. The Labute approximate surface area is 205 Å². The van der Waals surface area contributed by atoms with Gasteiger partial charge in [0.25, 0.3) is 0 Å². The zero-order valence-electron chi connectivity index (χ0n) is 20.2. The summed E-state index contributed by atoms with van der Waals surface area (Å²) in [6.45, 7) is 2.20. The molecule has 186 valence electrons. The van der Waals surface area contributed by atoms with Gasteiger partial charge >= 0.3 is 0 Å². The lowest BCUT2D eigenvalue weighted by atomic mass is 9.49. The van der Waals surface area contributed by atoms with Crippen molar-refractivity contribution in [3.63, 3.8) is 0 Å². The lowest BCUT2D eigenvalue weighted by Crippen LogP contribution is -2.75. The minimum absolute atomic E-state index is 0.0316. The van der Waals surface area contributed by atoms with Gasteiger partial charge in [-0.05, 0) is 81.2 Å². The molecule has 3 heterocycles. The molecule has 3 aliphatic carbocycles. The molecular formula is C28H34N2O5. The van der Waals surface area contributed by atoms with Gasteiger partial charge in [0.15, 0.2) is 11.5 Å². The van der Waals surface area contributed by atoms with Crippen molar-refractivity contribution in [1.82, 2.24) is 10.2 Å². The maximum absolute atomic E-state index is 12.0. The Morgan fingerprint density at radius 3 is 2.86 bits per heavy atom. The minimum Gasteiger partial charge on any atom is -0.504 e. The molecule has 2 saturated carbocycles. The van der Waals surface area contributed by atoms with Crippen LogP contribution < -0.4 is 10.1 Å². The largest absolute Gasteiger partial charge is 0.504 e. The van der Waals surface area contributed by atoms with Crippen LogP contribution >= 0.6 is 0 Å². The number of furan rings is 1. The molecule has 2 bridgehead atoms. The molecule has 3 fully saturated rings. The van der Waals surface area contributed by atoms with Gasteiger partial charge in [0, 0.05) is 36.8 Å². The van der Waals surface area contributed by atoms with Gasteiger partial charge in [-0.2, -0.15) is 0 Å². The van der Waals surface area contributed by atoms with Crippen molar-refractivity contribution < 1.29 is 24.2 Å². The number of benzene rings is 1. The normalized spacial score (nSPS) is 32.4. The number of likely N-dealkylation sites (tertiary alicyclic amines) is 1. The van der Waals surface area contributed by atoms with Crippen molar-refractivity contribution in [2.75, 3.05) is 20.1 Å². The lowest BCUT2D eigenvalue weighted by Gasteiger charge is -2.63. The number of ether oxygens (including phenoxy) is 1. The van der Waals surface area contributed by atoms with Gasteiger partial charge in [-0.15, -0.1) is 0 Å². The van der Waals surface area contributed by atoms with Crippen molar-refractivity contribution in [3.05, 3.63) is 53.5 Å². The average Bonchev–Trinajstić information content (AvgIpc) is 3.37. The van der Waals surface area contributed by atoms with E-state index in [-0.39, 0.29) is 29.2 Å². The number of piperidine rings is 1. The molecule has 3 N–H and O–H groups in total. The SMILES string of the molecule is CNC(=O)/C=C/c1ccoc1.Oc1ccc2c3c1O[C@H]1CCC[C@@]4(O)[C@@H](C2)N(CC2CC2)CC[C@]314. The highest BCUT2D eigenvalue weighted by molar-refractivity contribution is 5.91. The Balaban J connectivity index is 0.000000177. The third kappa shape index (κ3) is 3.51. The molecular weight excluding hydrogens is 444 g/mol. The van der Waals surface area contributed by atoms with E-state index in [0.717, 1.165) is 62.2 Å². The summed E-state index contributed by atoms with van der Waals surface area (Å²) >= 11 is 0. The first-order valence-electron chi connectivity index (χ1n) is 12.9. The number of likely N-dealkylation sites (N-methyl/N-ethyl adjacent to an activating group) is 1. The predicted octanol–water partition coefficient (Wildman–Crippen LogP) is 3.39. The van der Waals surface area contributed by atoms with E-state index in [9.17, 15) is 15.0 Å². The van der Waals surface area contributed by atoms with Gasteiger partial charge in [-0.25, -0.2) is 0 Å². The van der Waals surface area contributed by atoms with E-state index in [1.54, 1.807) is 37.8 Å². The van der Waals surface area contributed by atoms with Gasteiger partial charge in [0.05, 0.1) is 23.5 Å². The summed E-state index contributed by atoms with van der Waals surface area (Å²) in [5, 5.41) is 24.8. The van der Waals surface area contributed by atoms with Crippen molar-refractivity contribution in [2.45, 2.75) is 68.1 Å². The number of amides is 1. The molecule has 2 aliphatic heterocycles. The number of rotatable bonds is 4. The Morgan fingerprint density at radius 2 is 2.11 bits per heavy atom. The summed E-state index contributed by atoms with van der Waals surface area (Å²) < 4.78 is 11.1. The van der Waals surface area contributed by atoms with E-state index >= 15 is 0 Å². The number of hydrogen-bond donors (Lipinski definition) is 3. The standard InChI is InChI=1S/C20H25NO3.C8H9NO2/c22-14-6-5-13-10-15-20(23)7-1-2-16-19(20,17(13)18(14)24-16)8-9-21(15)11-12-3-4-12;1-9-8(10)3-2-7-4-5-11-6-7/h5-6,12,15-16,22-23H,1-4,7-11H2;2-6H,1H3,(H,9,10)/b;3-2+/t15-,16+,19-,20-;/m1./s1. The molecule has 4 atom stereocenters. The monoisotopic (exact) mass is 478 g/mol. The van der Waals surface area contributed by atoms with E-state index < -0.39 is 5.60 Å². The molecule has 1 aromatic carbocycles. The smallest absolute Gasteiger partial charge is 0.243 e. The third-order valence-corrected chi connectivity index (χ3v) is 8.88. The fourth-order valence-electron chi connectivity index (χ4n) is 7.10. The number of carbonyl (C=O) groups excluding carboxylic acids is 1. The first-order chi connectivity index (χ1) is 17.0. The van der Waals surface area contributed by atoms with Crippen LogP contribution in [0.2, 0.25) is 0 Å². The Bertz CT molecular complexity index is 1140. The van der Waals surface area contributed by atoms with Crippen molar-refractivity contribution in [1.29, 1.82) is 0 Å². The fraction of sp³-hybridized carbons (Fsp3) is 0.536. The molecule has 1 aromatic heterocycles. The molecule has 1 amide bonds. The van der Waals surface area contributed by atoms with Crippen LogP contribution in [0.5, 0.6) is 11.5 Å². The van der Waals surface area contributed by atoms with Crippen LogP contribution in [0.1, 0.15) is 55.2 Å². The second-order valence-electron chi connectivity index (χ2n) is 10.8. The van der Waals surface area contributed by atoms with E-state index in [4.69, 9.17) is 9.15 Å². The average molecular weight is 479 g/mol. The molecule has 7 heteroatoms. The molecule has 2 aromatic rings. The Morgan fingerprint density at radius 1 is 1.26 bits per heavy atom. The first kappa shape index (κ1) is 22.7. The van der Waals surface area contributed by atoms with Gasteiger partial charge in [0.1, 0.15) is 6.10 Å². The van der Waals surface area contributed by atoms with Gasteiger partial charge in [-0.1, -0.05) is 6.07 Å². The van der Waals surface area contributed by atoms with Gasteiger partial charge in [-0.3, -0.25) is 9.69 Å². The highest BCUT2D eigenvalue weighted by Crippen LogP contribution is 2.65. The highest BCUT2D eigenvalue weighted by atomic mass is 16.5. The van der Waals surface area contributed by atoms with E-state index in [0.29, 0.717) is 5.75 Å². The summed E-state index contributed by atoms with van der Waals surface area (Å²) in [6.07, 6.45) is 13.7. The van der Waals surface area contributed by atoms with Gasteiger partial charge in [0.2, 0.25) is 5.91 Å². The van der Waals surface area contributed by atoms with Gasteiger partial charge < -0.3 is 24.7 Å². The van der Waals surface area contributed by atoms with Crippen LogP contribution in [-0.2, 0) is 16.6 Å². The second kappa shape index (κ2) is 8.42. The quantitative estimate of drug-likeness (QED) is 0.583. The van der Waals surface area contributed by atoms with Crippen LogP contribution in [-0.4, -0.2) is 58.9 Å². The summed E-state index contributed by atoms with van der Waals surface area (Å²) in [7, 11) is 1.59. The molecule has 35 heavy (non-hydrogen) atoms. The van der Waals surface area contributed by atoms with Crippen LogP contribution in [0, 0.1) is 5.92 Å². The third-order valence-electron chi connectivity index (χ3n) is 8.88. The van der Waals surface area contributed by atoms with Crippen LogP contribution in [0.4, 0.5) is 0 Å². The summed E-state index contributed by atoms with van der Waals surface area (Å²) in [5.74, 6) is 1.65. The molecule has 1 saturated heterocycles. The van der Waals surface area contributed by atoms with E-state index in [1.165, 1.54) is 24.5 Å². The number of aliphatic hydroxyl groups is 1. The number of nitrogens with zero attached hydrogens (tertiary/aromatic N) is 1. The lowest BCUT2D eigenvalue weighted by molar-refractivity contribution is -0.185. The number of nitrogens with one attached hydrogen (secondary N) is 1.